The number of hydrogen-bond donors (Lipinski definition) is 2. The maximum absolute atomic E-state index is 3.63. The summed E-state index contributed by atoms with van der Waals surface area (Å²) < 4.78 is 0. The van der Waals surface area contributed by atoms with Crippen molar-refractivity contribution in [3.63, 3.8) is 0 Å². The minimum absolute atomic E-state index is 0.588. The SMILES string of the molecule is Cc1ccccc1CNC(C)CC1CCCN1. The van der Waals surface area contributed by atoms with Gasteiger partial charge in [-0.05, 0) is 50.8 Å². The number of rotatable bonds is 5. The van der Waals surface area contributed by atoms with Crippen molar-refractivity contribution in [2.24, 2.45) is 0 Å². The van der Waals surface area contributed by atoms with Gasteiger partial charge < -0.3 is 10.6 Å². The Bertz CT molecular complexity index is 343. The molecule has 17 heavy (non-hydrogen) atoms. The molecule has 1 heterocycles. The molecule has 94 valence electrons. The molecule has 2 N–H and O–H groups in total. The average molecular weight is 232 g/mol. The lowest BCUT2D eigenvalue weighted by atomic mass is 10.1. The van der Waals surface area contributed by atoms with Gasteiger partial charge in [0.2, 0.25) is 0 Å². The van der Waals surface area contributed by atoms with Crippen LogP contribution in [-0.2, 0) is 6.54 Å². The molecule has 0 amide bonds. The van der Waals surface area contributed by atoms with E-state index in [-0.39, 0.29) is 0 Å². The van der Waals surface area contributed by atoms with Gasteiger partial charge in [0.15, 0.2) is 0 Å². The van der Waals surface area contributed by atoms with Gasteiger partial charge in [0.25, 0.3) is 0 Å². The molecule has 2 unspecified atom stereocenters. The summed E-state index contributed by atoms with van der Waals surface area (Å²) in [4.78, 5) is 0. The Hall–Kier alpha value is -0.860. The molecule has 1 fully saturated rings. The van der Waals surface area contributed by atoms with Crippen LogP contribution in [0, 0.1) is 6.92 Å². The van der Waals surface area contributed by atoms with Crippen LogP contribution in [0.25, 0.3) is 0 Å². The molecular formula is C15H24N2. The maximum Gasteiger partial charge on any atom is 0.0210 e. The Morgan fingerprint density at radius 1 is 1.41 bits per heavy atom. The van der Waals surface area contributed by atoms with Gasteiger partial charge in [-0.3, -0.25) is 0 Å². The van der Waals surface area contributed by atoms with Crippen molar-refractivity contribution in [1.82, 2.24) is 10.6 Å². The van der Waals surface area contributed by atoms with Crippen molar-refractivity contribution in [3.8, 4) is 0 Å². The van der Waals surface area contributed by atoms with Crippen LogP contribution in [-0.4, -0.2) is 18.6 Å². The van der Waals surface area contributed by atoms with Gasteiger partial charge in [-0.25, -0.2) is 0 Å². The fourth-order valence-electron chi connectivity index (χ4n) is 2.56. The van der Waals surface area contributed by atoms with E-state index in [4.69, 9.17) is 0 Å². The topological polar surface area (TPSA) is 24.1 Å². The zero-order valence-corrected chi connectivity index (χ0v) is 11.0. The van der Waals surface area contributed by atoms with Gasteiger partial charge in [0.05, 0.1) is 0 Å². The van der Waals surface area contributed by atoms with Crippen LogP contribution < -0.4 is 10.6 Å². The molecule has 2 nitrogen and oxygen atoms in total. The van der Waals surface area contributed by atoms with Gasteiger partial charge in [0.1, 0.15) is 0 Å². The number of benzene rings is 1. The van der Waals surface area contributed by atoms with Crippen LogP contribution >= 0.6 is 0 Å². The quantitative estimate of drug-likeness (QED) is 0.815. The predicted octanol–water partition coefficient (Wildman–Crippen LogP) is 2.62. The van der Waals surface area contributed by atoms with Crippen LogP contribution in [0.4, 0.5) is 0 Å². The van der Waals surface area contributed by atoms with E-state index >= 15 is 0 Å². The van der Waals surface area contributed by atoms with Crippen LogP contribution in [0.15, 0.2) is 24.3 Å². The van der Waals surface area contributed by atoms with Crippen LogP contribution in [0.3, 0.4) is 0 Å². The van der Waals surface area contributed by atoms with E-state index in [1.807, 2.05) is 0 Å². The third kappa shape index (κ3) is 3.83. The summed E-state index contributed by atoms with van der Waals surface area (Å²) in [6.07, 6.45) is 3.93. The highest BCUT2D eigenvalue weighted by Gasteiger charge is 2.16. The molecular weight excluding hydrogens is 208 g/mol. The van der Waals surface area contributed by atoms with E-state index in [0.29, 0.717) is 6.04 Å². The first-order chi connectivity index (χ1) is 8.25. The van der Waals surface area contributed by atoms with Crippen molar-refractivity contribution in [2.75, 3.05) is 6.54 Å². The van der Waals surface area contributed by atoms with Crippen molar-refractivity contribution >= 4 is 0 Å². The number of nitrogens with one attached hydrogen (secondary N) is 2. The minimum atomic E-state index is 0.588. The minimum Gasteiger partial charge on any atom is -0.314 e. The van der Waals surface area contributed by atoms with E-state index in [9.17, 15) is 0 Å². The second kappa shape index (κ2) is 6.18. The second-order valence-electron chi connectivity index (χ2n) is 5.24. The third-order valence-electron chi connectivity index (χ3n) is 3.70. The molecule has 0 bridgehead atoms. The Kier molecular flexibility index (Phi) is 4.57. The lowest BCUT2D eigenvalue weighted by Crippen LogP contribution is -2.33. The molecule has 0 spiro atoms. The van der Waals surface area contributed by atoms with Crippen LogP contribution in [0.2, 0.25) is 0 Å². The molecule has 2 rings (SSSR count). The van der Waals surface area contributed by atoms with Crippen molar-refractivity contribution in [2.45, 2.75) is 51.7 Å². The van der Waals surface area contributed by atoms with Gasteiger partial charge in [-0.1, -0.05) is 24.3 Å². The van der Waals surface area contributed by atoms with Crippen LogP contribution in [0.1, 0.15) is 37.3 Å². The second-order valence-corrected chi connectivity index (χ2v) is 5.24. The monoisotopic (exact) mass is 232 g/mol. The molecule has 0 aliphatic carbocycles. The van der Waals surface area contributed by atoms with Gasteiger partial charge in [-0.2, -0.15) is 0 Å². The Morgan fingerprint density at radius 3 is 2.94 bits per heavy atom. The highest BCUT2D eigenvalue weighted by molar-refractivity contribution is 5.25. The summed E-state index contributed by atoms with van der Waals surface area (Å²) in [7, 11) is 0. The van der Waals surface area contributed by atoms with Gasteiger partial charge in [-0.15, -0.1) is 0 Å². The fraction of sp³-hybridized carbons (Fsp3) is 0.600. The molecule has 2 heteroatoms. The van der Waals surface area contributed by atoms with E-state index < -0.39 is 0 Å². The third-order valence-corrected chi connectivity index (χ3v) is 3.70. The summed E-state index contributed by atoms with van der Waals surface area (Å²) in [5.41, 5.74) is 2.80. The molecule has 2 atom stereocenters. The average Bonchev–Trinajstić information content (AvgIpc) is 2.81. The first-order valence-electron chi connectivity index (χ1n) is 6.77. The summed E-state index contributed by atoms with van der Waals surface area (Å²) in [5.74, 6) is 0. The van der Waals surface area contributed by atoms with Crippen LogP contribution in [0.5, 0.6) is 0 Å². The Morgan fingerprint density at radius 2 is 2.24 bits per heavy atom. The van der Waals surface area contributed by atoms with E-state index in [0.717, 1.165) is 12.6 Å². The lowest BCUT2D eigenvalue weighted by Gasteiger charge is -2.18. The summed E-state index contributed by atoms with van der Waals surface area (Å²) in [5, 5.41) is 7.18. The largest absolute Gasteiger partial charge is 0.314 e. The van der Waals surface area contributed by atoms with Crippen molar-refractivity contribution in [1.29, 1.82) is 0 Å². The molecule has 1 aromatic rings. The summed E-state index contributed by atoms with van der Waals surface area (Å²) in [6, 6.07) is 9.93. The van der Waals surface area contributed by atoms with Crippen molar-refractivity contribution < 1.29 is 0 Å². The lowest BCUT2D eigenvalue weighted by molar-refractivity contribution is 0.439. The van der Waals surface area contributed by atoms with Gasteiger partial charge >= 0.3 is 0 Å². The standard InChI is InChI=1S/C15H24N2/c1-12-6-3-4-7-14(12)11-17-13(2)10-15-8-5-9-16-15/h3-4,6-7,13,15-17H,5,8-11H2,1-2H3. The van der Waals surface area contributed by atoms with E-state index in [1.54, 1.807) is 0 Å². The van der Waals surface area contributed by atoms with Gasteiger partial charge in [0, 0.05) is 18.6 Å². The first kappa shape index (κ1) is 12.6. The molecule has 0 aromatic heterocycles. The zero-order chi connectivity index (χ0) is 12.1. The molecule has 1 aliphatic rings. The molecule has 0 radical (unpaired) electrons. The first-order valence-corrected chi connectivity index (χ1v) is 6.77. The Balaban J connectivity index is 1.75. The highest BCUT2D eigenvalue weighted by Crippen LogP contribution is 2.12. The fourth-order valence-corrected chi connectivity index (χ4v) is 2.56. The highest BCUT2D eigenvalue weighted by atomic mass is 15.0. The summed E-state index contributed by atoms with van der Waals surface area (Å²) >= 11 is 0. The normalized spacial score (nSPS) is 21.6. The van der Waals surface area contributed by atoms with E-state index in [1.165, 1.54) is 36.9 Å². The zero-order valence-electron chi connectivity index (χ0n) is 11.0. The molecule has 1 saturated heterocycles. The van der Waals surface area contributed by atoms with E-state index in [2.05, 4.69) is 48.7 Å². The Labute approximate surface area is 105 Å². The smallest absolute Gasteiger partial charge is 0.0210 e. The number of hydrogen-bond acceptors (Lipinski definition) is 2. The maximum atomic E-state index is 3.63. The molecule has 1 aromatic carbocycles. The summed E-state index contributed by atoms with van der Waals surface area (Å²) in [6.45, 7) is 6.66. The molecule has 0 saturated carbocycles. The number of aryl methyl sites for hydroxylation is 1. The predicted molar refractivity (Wildman–Crippen MR) is 73.1 cm³/mol. The van der Waals surface area contributed by atoms with Crippen molar-refractivity contribution in [3.05, 3.63) is 35.4 Å². The molecule has 1 aliphatic heterocycles.